The fourth-order valence-corrected chi connectivity index (χ4v) is 1.96. The summed E-state index contributed by atoms with van der Waals surface area (Å²) in [7, 11) is 0. The van der Waals surface area contributed by atoms with Gasteiger partial charge in [0.2, 0.25) is 12.7 Å². The summed E-state index contributed by atoms with van der Waals surface area (Å²) in [5.41, 5.74) is 1.89. The molecule has 3 rings (SSSR count). The molecular formula is C15H17N3O3. The summed E-state index contributed by atoms with van der Waals surface area (Å²) < 4.78 is 16.2. The van der Waals surface area contributed by atoms with Crippen LogP contribution in [0.4, 0.5) is 0 Å². The van der Waals surface area contributed by atoms with Crippen LogP contribution in [0.15, 0.2) is 30.3 Å². The first kappa shape index (κ1) is 13.6. The van der Waals surface area contributed by atoms with E-state index >= 15 is 0 Å². The molecule has 2 aromatic rings. The summed E-state index contributed by atoms with van der Waals surface area (Å²) in [6, 6.07) is 9.47. The molecule has 0 atom stereocenters. The van der Waals surface area contributed by atoms with Gasteiger partial charge in [-0.15, -0.1) is 5.10 Å². The predicted octanol–water partition coefficient (Wildman–Crippen LogP) is 1.89. The lowest BCUT2D eigenvalue weighted by Crippen LogP contribution is -2.13. The van der Waals surface area contributed by atoms with Crippen molar-refractivity contribution in [3.8, 4) is 17.4 Å². The Hall–Kier alpha value is -2.34. The Kier molecular flexibility index (Phi) is 4.16. The Morgan fingerprint density at radius 3 is 2.86 bits per heavy atom. The summed E-state index contributed by atoms with van der Waals surface area (Å²) in [6.07, 6.45) is 0. The van der Waals surface area contributed by atoms with E-state index < -0.39 is 0 Å². The van der Waals surface area contributed by atoms with E-state index in [9.17, 15) is 0 Å². The Bertz CT molecular complexity index is 602. The zero-order valence-corrected chi connectivity index (χ0v) is 11.8. The van der Waals surface area contributed by atoms with Gasteiger partial charge in [-0.05, 0) is 30.3 Å². The highest BCUT2D eigenvalue weighted by Gasteiger charge is 2.13. The molecule has 0 radical (unpaired) electrons. The maximum absolute atomic E-state index is 5.62. The fourth-order valence-electron chi connectivity index (χ4n) is 1.96. The second-order valence-electron chi connectivity index (χ2n) is 4.62. The van der Waals surface area contributed by atoms with Crippen molar-refractivity contribution < 1.29 is 14.2 Å². The molecule has 0 saturated carbocycles. The van der Waals surface area contributed by atoms with E-state index in [1.165, 1.54) is 0 Å². The summed E-state index contributed by atoms with van der Waals surface area (Å²) in [4.78, 5) is 0. The lowest BCUT2D eigenvalue weighted by atomic mass is 10.2. The van der Waals surface area contributed by atoms with Crippen molar-refractivity contribution in [2.45, 2.75) is 20.1 Å². The molecule has 1 aliphatic heterocycles. The van der Waals surface area contributed by atoms with E-state index in [0.29, 0.717) is 19.0 Å². The minimum absolute atomic E-state index is 0.276. The van der Waals surface area contributed by atoms with Gasteiger partial charge in [0.1, 0.15) is 6.61 Å². The van der Waals surface area contributed by atoms with Crippen LogP contribution in [-0.4, -0.2) is 23.5 Å². The highest BCUT2D eigenvalue weighted by Crippen LogP contribution is 2.32. The van der Waals surface area contributed by atoms with Crippen LogP contribution in [0.5, 0.6) is 17.4 Å². The lowest BCUT2D eigenvalue weighted by molar-refractivity contribution is 0.174. The SMILES string of the molecule is CCNCc1ccc(OCc2ccc3c(c2)OCO3)nn1. The molecule has 0 amide bonds. The first-order valence-electron chi connectivity index (χ1n) is 6.90. The molecule has 0 spiro atoms. The van der Waals surface area contributed by atoms with Crippen molar-refractivity contribution in [3.63, 3.8) is 0 Å². The number of aromatic nitrogens is 2. The van der Waals surface area contributed by atoms with Crippen molar-refractivity contribution in [1.82, 2.24) is 15.5 Å². The Balaban J connectivity index is 1.57. The molecule has 1 aliphatic rings. The molecule has 1 aromatic carbocycles. The van der Waals surface area contributed by atoms with Crippen LogP contribution in [0.2, 0.25) is 0 Å². The molecule has 0 fully saturated rings. The van der Waals surface area contributed by atoms with E-state index in [4.69, 9.17) is 14.2 Å². The largest absolute Gasteiger partial charge is 0.472 e. The Labute approximate surface area is 123 Å². The summed E-state index contributed by atoms with van der Waals surface area (Å²) in [6.45, 7) is 4.36. The Morgan fingerprint density at radius 2 is 2.05 bits per heavy atom. The van der Waals surface area contributed by atoms with Gasteiger partial charge in [-0.2, -0.15) is 5.10 Å². The van der Waals surface area contributed by atoms with Crippen LogP contribution in [-0.2, 0) is 13.2 Å². The molecule has 2 heterocycles. The number of rotatable bonds is 6. The topological polar surface area (TPSA) is 65.5 Å². The molecule has 0 aliphatic carbocycles. The molecule has 6 nitrogen and oxygen atoms in total. The van der Waals surface area contributed by atoms with Crippen molar-refractivity contribution in [2.24, 2.45) is 0 Å². The van der Waals surface area contributed by atoms with Gasteiger partial charge in [-0.25, -0.2) is 0 Å². The number of nitrogens with one attached hydrogen (secondary N) is 1. The number of hydrogen-bond donors (Lipinski definition) is 1. The smallest absolute Gasteiger partial charge is 0.233 e. The number of fused-ring (bicyclic) bond motifs is 1. The van der Waals surface area contributed by atoms with Crippen LogP contribution in [0.25, 0.3) is 0 Å². The normalized spacial score (nSPS) is 12.4. The first-order chi connectivity index (χ1) is 10.3. The monoisotopic (exact) mass is 287 g/mol. The van der Waals surface area contributed by atoms with Crippen LogP contribution >= 0.6 is 0 Å². The third-order valence-corrected chi connectivity index (χ3v) is 3.08. The quantitative estimate of drug-likeness (QED) is 0.875. The molecule has 0 saturated heterocycles. The lowest BCUT2D eigenvalue weighted by Gasteiger charge is -2.06. The molecule has 1 aromatic heterocycles. The molecule has 21 heavy (non-hydrogen) atoms. The second-order valence-corrected chi connectivity index (χ2v) is 4.62. The summed E-state index contributed by atoms with van der Waals surface area (Å²) in [5.74, 6) is 2.03. The number of benzene rings is 1. The highest BCUT2D eigenvalue weighted by atomic mass is 16.7. The standard InChI is InChI=1S/C15H17N3O3/c1-2-16-8-12-4-6-15(18-17-12)19-9-11-3-5-13-14(7-11)21-10-20-13/h3-7,16H,2,8-10H2,1H3. The maximum Gasteiger partial charge on any atom is 0.233 e. The fraction of sp³-hybridized carbons (Fsp3) is 0.333. The van der Waals surface area contributed by atoms with Crippen LogP contribution in [0, 0.1) is 0 Å². The van der Waals surface area contributed by atoms with E-state index in [2.05, 4.69) is 22.4 Å². The first-order valence-corrected chi connectivity index (χ1v) is 6.90. The third-order valence-electron chi connectivity index (χ3n) is 3.08. The van der Waals surface area contributed by atoms with E-state index in [-0.39, 0.29) is 6.79 Å². The summed E-state index contributed by atoms with van der Waals surface area (Å²) in [5, 5.41) is 11.4. The van der Waals surface area contributed by atoms with Gasteiger partial charge in [-0.3, -0.25) is 0 Å². The van der Waals surface area contributed by atoms with Crippen molar-refractivity contribution >= 4 is 0 Å². The minimum atomic E-state index is 0.276. The minimum Gasteiger partial charge on any atom is -0.472 e. The van der Waals surface area contributed by atoms with Gasteiger partial charge in [0, 0.05) is 12.6 Å². The van der Waals surface area contributed by atoms with Gasteiger partial charge < -0.3 is 19.5 Å². The number of hydrogen-bond acceptors (Lipinski definition) is 6. The second kappa shape index (κ2) is 6.41. The third kappa shape index (κ3) is 3.41. The van der Waals surface area contributed by atoms with Gasteiger partial charge in [0.05, 0.1) is 5.69 Å². The van der Waals surface area contributed by atoms with Crippen molar-refractivity contribution in [2.75, 3.05) is 13.3 Å². The number of nitrogens with zero attached hydrogens (tertiary/aromatic N) is 2. The molecule has 0 unspecified atom stereocenters. The van der Waals surface area contributed by atoms with Gasteiger partial charge >= 0.3 is 0 Å². The molecule has 0 bridgehead atoms. The average molecular weight is 287 g/mol. The van der Waals surface area contributed by atoms with E-state index in [1.54, 1.807) is 0 Å². The molecule has 1 N–H and O–H groups in total. The number of ether oxygens (including phenoxy) is 3. The average Bonchev–Trinajstić information content (AvgIpc) is 2.99. The zero-order valence-electron chi connectivity index (χ0n) is 11.8. The summed E-state index contributed by atoms with van der Waals surface area (Å²) >= 11 is 0. The van der Waals surface area contributed by atoms with Gasteiger partial charge in [-0.1, -0.05) is 13.0 Å². The van der Waals surface area contributed by atoms with Crippen LogP contribution < -0.4 is 19.5 Å². The molecular weight excluding hydrogens is 270 g/mol. The maximum atomic E-state index is 5.62. The Morgan fingerprint density at radius 1 is 1.14 bits per heavy atom. The molecule has 110 valence electrons. The zero-order chi connectivity index (χ0) is 14.5. The van der Waals surface area contributed by atoms with Crippen LogP contribution in [0.1, 0.15) is 18.2 Å². The van der Waals surface area contributed by atoms with Gasteiger partial charge in [0.15, 0.2) is 11.5 Å². The van der Waals surface area contributed by atoms with E-state index in [1.807, 2.05) is 30.3 Å². The van der Waals surface area contributed by atoms with Crippen molar-refractivity contribution in [3.05, 3.63) is 41.6 Å². The van der Waals surface area contributed by atoms with Crippen LogP contribution in [0.3, 0.4) is 0 Å². The van der Waals surface area contributed by atoms with Gasteiger partial charge in [0.25, 0.3) is 0 Å². The van der Waals surface area contributed by atoms with Crippen molar-refractivity contribution in [1.29, 1.82) is 0 Å². The predicted molar refractivity (Wildman–Crippen MR) is 76.3 cm³/mol. The molecule has 6 heteroatoms. The highest BCUT2D eigenvalue weighted by molar-refractivity contribution is 5.44. The van der Waals surface area contributed by atoms with E-state index in [0.717, 1.165) is 29.3 Å².